The molecule has 0 bridgehead atoms. The van der Waals surface area contributed by atoms with Gasteiger partial charge in [0.25, 0.3) is 0 Å². The molecule has 1 atom stereocenters. The average molecular weight is 268 g/mol. The highest BCUT2D eigenvalue weighted by Crippen LogP contribution is 2.22. The topological polar surface area (TPSA) is 46.3 Å². The summed E-state index contributed by atoms with van der Waals surface area (Å²) in [4.78, 5) is 15.5. The molecule has 0 spiro atoms. The number of nitrogens with two attached hydrogens (primary N) is 1. The first-order chi connectivity index (χ1) is 8.23. The Hall–Kier alpha value is -0.870. The van der Waals surface area contributed by atoms with Crippen LogP contribution in [0, 0.1) is 5.41 Å². The summed E-state index contributed by atoms with van der Waals surface area (Å²) in [6.07, 6.45) is 0. The predicted octanol–water partition coefficient (Wildman–Crippen LogP) is 2.86. The quantitative estimate of drug-likeness (QED) is 0.912. The normalized spacial score (nSPS) is 13.7. The summed E-state index contributed by atoms with van der Waals surface area (Å²) in [5, 5.41) is 2.03. The van der Waals surface area contributed by atoms with Gasteiger partial charge in [0.05, 0.1) is 12.6 Å². The van der Waals surface area contributed by atoms with Gasteiger partial charge in [0, 0.05) is 10.9 Å². The van der Waals surface area contributed by atoms with Crippen LogP contribution in [0.5, 0.6) is 0 Å². The minimum absolute atomic E-state index is 0.0332. The number of thiophene rings is 1. The maximum atomic E-state index is 12.5. The summed E-state index contributed by atoms with van der Waals surface area (Å²) >= 11 is 1.67. The third kappa shape index (κ3) is 3.82. The molecule has 4 heteroatoms. The number of hydrogen-bond donors (Lipinski definition) is 1. The van der Waals surface area contributed by atoms with Crippen molar-refractivity contribution in [1.82, 2.24) is 4.90 Å². The molecule has 0 fully saturated rings. The van der Waals surface area contributed by atoms with Crippen molar-refractivity contribution in [2.75, 3.05) is 0 Å². The number of carbonyl (C=O) groups is 1. The van der Waals surface area contributed by atoms with E-state index < -0.39 is 6.04 Å². The highest BCUT2D eigenvalue weighted by Gasteiger charge is 2.32. The number of amides is 1. The standard InChI is InChI=1S/C14H24N2OS/c1-10(2)16(9-11-7-6-8-18-11)13(17)12(15)14(3,4)5/h6-8,10,12H,9,15H2,1-5H3/t12-/m1/s1. The van der Waals surface area contributed by atoms with Gasteiger partial charge in [0.2, 0.25) is 5.91 Å². The van der Waals surface area contributed by atoms with Gasteiger partial charge in [0.15, 0.2) is 0 Å². The van der Waals surface area contributed by atoms with Crippen LogP contribution in [0.1, 0.15) is 39.5 Å². The smallest absolute Gasteiger partial charge is 0.240 e. The molecule has 0 aliphatic carbocycles. The number of rotatable bonds is 4. The molecule has 0 aliphatic rings. The van der Waals surface area contributed by atoms with Crippen LogP contribution in [0.4, 0.5) is 0 Å². The zero-order chi connectivity index (χ0) is 13.9. The van der Waals surface area contributed by atoms with Gasteiger partial charge in [-0.05, 0) is 30.7 Å². The molecule has 2 N–H and O–H groups in total. The van der Waals surface area contributed by atoms with E-state index in [1.807, 2.05) is 51.0 Å². The third-order valence-corrected chi connectivity index (χ3v) is 3.87. The molecule has 3 nitrogen and oxygen atoms in total. The maximum absolute atomic E-state index is 12.5. The molecule has 0 unspecified atom stereocenters. The van der Waals surface area contributed by atoms with Crippen molar-refractivity contribution in [3.8, 4) is 0 Å². The van der Waals surface area contributed by atoms with E-state index in [4.69, 9.17) is 5.73 Å². The van der Waals surface area contributed by atoms with E-state index in [-0.39, 0.29) is 17.4 Å². The zero-order valence-corrected chi connectivity index (χ0v) is 12.8. The molecule has 1 aromatic rings. The van der Waals surface area contributed by atoms with E-state index in [0.29, 0.717) is 6.54 Å². The van der Waals surface area contributed by atoms with Crippen molar-refractivity contribution < 1.29 is 4.79 Å². The summed E-state index contributed by atoms with van der Waals surface area (Å²) < 4.78 is 0. The van der Waals surface area contributed by atoms with Crippen molar-refractivity contribution in [3.05, 3.63) is 22.4 Å². The van der Waals surface area contributed by atoms with Gasteiger partial charge in [-0.15, -0.1) is 11.3 Å². The lowest BCUT2D eigenvalue weighted by Crippen LogP contribution is -2.52. The Bertz CT molecular complexity index is 379. The van der Waals surface area contributed by atoms with E-state index in [0.717, 1.165) is 0 Å². The Morgan fingerprint density at radius 3 is 2.44 bits per heavy atom. The number of carbonyl (C=O) groups excluding carboxylic acids is 1. The Kier molecular flexibility index (Phi) is 4.93. The summed E-state index contributed by atoms with van der Waals surface area (Å²) in [5.41, 5.74) is 5.87. The van der Waals surface area contributed by atoms with Gasteiger partial charge in [-0.3, -0.25) is 4.79 Å². The van der Waals surface area contributed by atoms with Crippen LogP contribution in [-0.2, 0) is 11.3 Å². The first-order valence-electron chi connectivity index (χ1n) is 6.32. The van der Waals surface area contributed by atoms with Gasteiger partial charge in [-0.25, -0.2) is 0 Å². The number of hydrogen-bond acceptors (Lipinski definition) is 3. The van der Waals surface area contributed by atoms with E-state index in [1.54, 1.807) is 11.3 Å². The predicted molar refractivity (Wildman–Crippen MR) is 77.4 cm³/mol. The minimum Gasteiger partial charge on any atom is -0.334 e. The third-order valence-electron chi connectivity index (χ3n) is 3.01. The fourth-order valence-corrected chi connectivity index (χ4v) is 2.34. The van der Waals surface area contributed by atoms with Crippen molar-refractivity contribution in [2.45, 2.75) is 53.2 Å². The molecule has 1 rings (SSSR count). The lowest BCUT2D eigenvalue weighted by molar-refractivity contribution is -0.137. The molecule has 0 aliphatic heterocycles. The van der Waals surface area contributed by atoms with Crippen molar-refractivity contribution >= 4 is 17.2 Å². The van der Waals surface area contributed by atoms with E-state index in [1.165, 1.54) is 4.88 Å². The molecule has 1 heterocycles. The van der Waals surface area contributed by atoms with Crippen molar-refractivity contribution in [1.29, 1.82) is 0 Å². The molecule has 0 saturated carbocycles. The van der Waals surface area contributed by atoms with Crippen molar-refractivity contribution in [3.63, 3.8) is 0 Å². The van der Waals surface area contributed by atoms with Crippen LogP contribution in [-0.4, -0.2) is 22.9 Å². The van der Waals surface area contributed by atoms with Gasteiger partial charge in [-0.1, -0.05) is 26.8 Å². The Labute approximate surface area is 114 Å². The summed E-state index contributed by atoms with van der Waals surface area (Å²) in [7, 11) is 0. The maximum Gasteiger partial charge on any atom is 0.240 e. The van der Waals surface area contributed by atoms with Crippen molar-refractivity contribution in [2.24, 2.45) is 11.1 Å². The lowest BCUT2D eigenvalue weighted by atomic mass is 9.86. The SMILES string of the molecule is CC(C)N(Cc1cccs1)C(=O)[C@@H](N)C(C)(C)C. The second kappa shape index (κ2) is 5.85. The second-order valence-electron chi connectivity index (χ2n) is 5.98. The molecule has 0 saturated heterocycles. The van der Waals surface area contributed by atoms with Gasteiger partial charge >= 0.3 is 0 Å². The zero-order valence-electron chi connectivity index (χ0n) is 11.9. The van der Waals surface area contributed by atoms with Crippen LogP contribution in [0.25, 0.3) is 0 Å². The highest BCUT2D eigenvalue weighted by atomic mass is 32.1. The molecule has 18 heavy (non-hydrogen) atoms. The summed E-state index contributed by atoms with van der Waals surface area (Å²) in [5.74, 6) is 0.0332. The molecule has 0 aromatic carbocycles. The minimum atomic E-state index is -0.458. The van der Waals surface area contributed by atoms with Gasteiger partial charge < -0.3 is 10.6 Å². The lowest BCUT2D eigenvalue weighted by Gasteiger charge is -2.34. The first-order valence-corrected chi connectivity index (χ1v) is 7.20. The monoisotopic (exact) mass is 268 g/mol. The van der Waals surface area contributed by atoms with E-state index in [9.17, 15) is 4.79 Å². The molecule has 1 amide bonds. The summed E-state index contributed by atoms with van der Waals surface area (Å²) in [6.45, 7) is 10.7. The van der Waals surface area contributed by atoms with E-state index >= 15 is 0 Å². The summed E-state index contributed by atoms with van der Waals surface area (Å²) in [6, 6.07) is 3.76. The van der Waals surface area contributed by atoms with Gasteiger partial charge in [0.1, 0.15) is 0 Å². The number of nitrogens with zero attached hydrogens (tertiary/aromatic N) is 1. The molecule has 0 radical (unpaired) electrons. The fourth-order valence-electron chi connectivity index (χ4n) is 1.63. The largest absolute Gasteiger partial charge is 0.334 e. The second-order valence-corrected chi connectivity index (χ2v) is 7.02. The fraction of sp³-hybridized carbons (Fsp3) is 0.643. The van der Waals surface area contributed by atoms with Crippen LogP contribution < -0.4 is 5.73 Å². The van der Waals surface area contributed by atoms with E-state index in [2.05, 4.69) is 6.07 Å². The molecular weight excluding hydrogens is 244 g/mol. The Balaban J connectivity index is 2.82. The van der Waals surface area contributed by atoms with Crippen LogP contribution in [0.3, 0.4) is 0 Å². The Morgan fingerprint density at radius 2 is 2.06 bits per heavy atom. The van der Waals surface area contributed by atoms with Crippen LogP contribution in [0.2, 0.25) is 0 Å². The molecule has 1 aromatic heterocycles. The van der Waals surface area contributed by atoms with Gasteiger partial charge in [-0.2, -0.15) is 0 Å². The Morgan fingerprint density at radius 1 is 1.44 bits per heavy atom. The molecular formula is C14H24N2OS. The van der Waals surface area contributed by atoms with Crippen LogP contribution >= 0.6 is 11.3 Å². The first kappa shape index (κ1) is 15.2. The molecule has 102 valence electrons. The highest BCUT2D eigenvalue weighted by molar-refractivity contribution is 7.09. The van der Waals surface area contributed by atoms with Crippen LogP contribution in [0.15, 0.2) is 17.5 Å². The average Bonchev–Trinajstić information content (AvgIpc) is 2.74.